The molecule has 0 radical (unpaired) electrons. The highest BCUT2D eigenvalue weighted by Crippen LogP contribution is 2.17. The fourth-order valence-electron chi connectivity index (χ4n) is 2.62. The number of amides is 3. The third-order valence-electron chi connectivity index (χ3n) is 4.01. The molecule has 2 heterocycles. The molecule has 0 spiro atoms. The number of rotatable bonds is 4. The largest absolute Gasteiger partial charge is 0.326 e. The molecule has 1 saturated heterocycles. The molecule has 7 heteroatoms. The van der Waals surface area contributed by atoms with E-state index in [1.165, 1.54) is 11.0 Å². The summed E-state index contributed by atoms with van der Waals surface area (Å²) in [7, 11) is 0. The molecule has 0 unspecified atom stereocenters. The van der Waals surface area contributed by atoms with Crippen molar-refractivity contribution in [2.45, 2.75) is 26.3 Å². The summed E-state index contributed by atoms with van der Waals surface area (Å²) < 4.78 is 0. The van der Waals surface area contributed by atoms with Crippen molar-refractivity contribution >= 4 is 23.4 Å². The van der Waals surface area contributed by atoms with Gasteiger partial charge in [-0.3, -0.25) is 24.1 Å². The number of benzene rings is 1. The van der Waals surface area contributed by atoms with Crippen molar-refractivity contribution in [1.82, 2.24) is 9.88 Å². The van der Waals surface area contributed by atoms with Crippen LogP contribution in [0.15, 0.2) is 41.2 Å². The average Bonchev–Trinajstić information content (AvgIpc) is 2.88. The van der Waals surface area contributed by atoms with E-state index in [0.29, 0.717) is 11.4 Å². The molecule has 1 aliphatic heterocycles. The van der Waals surface area contributed by atoms with Crippen molar-refractivity contribution in [3.8, 4) is 0 Å². The summed E-state index contributed by atoms with van der Waals surface area (Å²) in [5.41, 5.74) is 1.57. The Morgan fingerprint density at radius 3 is 2.28 bits per heavy atom. The predicted octanol–water partition coefficient (Wildman–Crippen LogP) is 1.58. The Kier molecular flexibility index (Phi) is 4.47. The summed E-state index contributed by atoms with van der Waals surface area (Å²) in [5.74, 6) is -0.833. The third kappa shape index (κ3) is 3.65. The highest BCUT2D eigenvalue weighted by Gasteiger charge is 2.28. The van der Waals surface area contributed by atoms with Gasteiger partial charge in [0.05, 0.1) is 6.54 Å². The van der Waals surface area contributed by atoms with Gasteiger partial charge in [-0.25, -0.2) is 0 Å². The lowest BCUT2D eigenvalue weighted by atomic mass is 10.2. The van der Waals surface area contributed by atoms with Crippen LogP contribution < -0.4 is 10.9 Å². The second-order valence-corrected chi connectivity index (χ2v) is 5.91. The minimum absolute atomic E-state index is 0.0305. The fraction of sp³-hybridized carbons (Fsp3) is 0.222. The molecule has 0 aliphatic carbocycles. The van der Waals surface area contributed by atoms with Gasteiger partial charge in [0, 0.05) is 24.2 Å². The molecule has 7 nitrogen and oxygen atoms in total. The van der Waals surface area contributed by atoms with Gasteiger partial charge in [0.2, 0.25) is 11.8 Å². The standard InChI is InChI=1S/C18H17N3O4/c1-11-2-7-14(17(24)19-11)18(25)20-13-5-3-12(4-6-13)10-21-15(22)8-9-16(21)23/h2-7H,8-10H2,1H3,(H,19,24)(H,20,25). The summed E-state index contributed by atoms with van der Waals surface area (Å²) in [5, 5.41) is 2.65. The smallest absolute Gasteiger partial charge is 0.261 e. The lowest BCUT2D eigenvalue weighted by Crippen LogP contribution is -2.28. The number of nitrogens with zero attached hydrogens (tertiary/aromatic N) is 1. The van der Waals surface area contributed by atoms with E-state index >= 15 is 0 Å². The highest BCUT2D eigenvalue weighted by atomic mass is 16.2. The molecular formula is C18H17N3O4. The minimum atomic E-state index is -0.501. The van der Waals surface area contributed by atoms with Crippen LogP contribution in [0.4, 0.5) is 5.69 Å². The Bertz CT molecular complexity index is 883. The summed E-state index contributed by atoms with van der Waals surface area (Å²) in [6.07, 6.45) is 0.524. The number of anilines is 1. The molecule has 1 aliphatic rings. The minimum Gasteiger partial charge on any atom is -0.326 e. The van der Waals surface area contributed by atoms with Crippen molar-refractivity contribution < 1.29 is 14.4 Å². The number of carbonyl (C=O) groups is 3. The number of aryl methyl sites for hydroxylation is 1. The zero-order valence-corrected chi connectivity index (χ0v) is 13.7. The molecule has 0 bridgehead atoms. The Labute approximate surface area is 143 Å². The third-order valence-corrected chi connectivity index (χ3v) is 4.01. The lowest BCUT2D eigenvalue weighted by Gasteiger charge is -2.14. The molecule has 2 N–H and O–H groups in total. The van der Waals surface area contributed by atoms with E-state index in [2.05, 4.69) is 10.3 Å². The van der Waals surface area contributed by atoms with Gasteiger partial charge in [-0.15, -0.1) is 0 Å². The van der Waals surface area contributed by atoms with Crippen LogP contribution in [0.25, 0.3) is 0 Å². The van der Waals surface area contributed by atoms with Gasteiger partial charge < -0.3 is 10.3 Å². The molecular weight excluding hydrogens is 322 g/mol. The molecule has 1 aromatic heterocycles. The fourth-order valence-corrected chi connectivity index (χ4v) is 2.62. The number of imide groups is 1. The topological polar surface area (TPSA) is 99.3 Å². The molecule has 128 valence electrons. The van der Waals surface area contributed by atoms with Crippen molar-refractivity contribution in [2.75, 3.05) is 5.32 Å². The summed E-state index contributed by atoms with van der Waals surface area (Å²) >= 11 is 0. The van der Waals surface area contributed by atoms with E-state index in [0.717, 1.165) is 5.56 Å². The van der Waals surface area contributed by atoms with Crippen LogP contribution in [-0.4, -0.2) is 27.6 Å². The molecule has 1 fully saturated rings. The predicted molar refractivity (Wildman–Crippen MR) is 91.0 cm³/mol. The summed E-state index contributed by atoms with van der Waals surface area (Å²) in [4.78, 5) is 51.0. The maximum atomic E-state index is 12.2. The number of likely N-dealkylation sites (tertiary alicyclic amines) is 1. The molecule has 2 aromatic rings. The highest BCUT2D eigenvalue weighted by molar-refractivity contribution is 6.04. The van der Waals surface area contributed by atoms with Gasteiger partial charge in [-0.1, -0.05) is 12.1 Å². The number of H-pyrrole nitrogens is 1. The monoisotopic (exact) mass is 339 g/mol. The number of hydrogen-bond acceptors (Lipinski definition) is 4. The van der Waals surface area contributed by atoms with E-state index in [9.17, 15) is 19.2 Å². The van der Waals surface area contributed by atoms with E-state index in [4.69, 9.17) is 0 Å². The number of aromatic nitrogens is 1. The Balaban J connectivity index is 1.68. The Morgan fingerprint density at radius 2 is 1.68 bits per heavy atom. The van der Waals surface area contributed by atoms with Crippen molar-refractivity contribution in [3.05, 3.63) is 63.6 Å². The van der Waals surface area contributed by atoms with Crippen LogP contribution in [0.3, 0.4) is 0 Å². The first-order valence-corrected chi connectivity index (χ1v) is 7.87. The number of aromatic amines is 1. The Morgan fingerprint density at radius 1 is 1.04 bits per heavy atom. The van der Waals surface area contributed by atoms with Gasteiger partial charge in [0.25, 0.3) is 11.5 Å². The summed E-state index contributed by atoms with van der Waals surface area (Å²) in [6.45, 7) is 1.96. The number of pyridine rings is 1. The van der Waals surface area contributed by atoms with Crippen molar-refractivity contribution in [1.29, 1.82) is 0 Å². The Hall–Kier alpha value is -3.22. The van der Waals surface area contributed by atoms with E-state index in [-0.39, 0.29) is 36.8 Å². The second-order valence-electron chi connectivity index (χ2n) is 5.91. The van der Waals surface area contributed by atoms with Crippen LogP contribution >= 0.6 is 0 Å². The van der Waals surface area contributed by atoms with Crippen molar-refractivity contribution in [3.63, 3.8) is 0 Å². The number of hydrogen-bond donors (Lipinski definition) is 2. The van der Waals surface area contributed by atoms with Crippen molar-refractivity contribution in [2.24, 2.45) is 0 Å². The van der Waals surface area contributed by atoms with Crippen LogP contribution in [-0.2, 0) is 16.1 Å². The molecule has 0 saturated carbocycles. The first-order chi connectivity index (χ1) is 11.9. The van der Waals surface area contributed by atoms with Crippen LogP contribution in [0.2, 0.25) is 0 Å². The zero-order chi connectivity index (χ0) is 18.0. The lowest BCUT2D eigenvalue weighted by molar-refractivity contribution is -0.139. The number of nitrogens with one attached hydrogen (secondary N) is 2. The number of carbonyl (C=O) groups excluding carboxylic acids is 3. The quantitative estimate of drug-likeness (QED) is 0.826. The normalized spacial score (nSPS) is 14.0. The van der Waals surface area contributed by atoms with E-state index < -0.39 is 11.5 Å². The zero-order valence-electron chi connectivity index (χ0n) is 13.7. The molecule has 25 heavy (non-hydrogen) atoms. The van der Waals surface area contributed by atoms with Gasteiger partial charge in [-0.05, 0) is 36.8 Å². The second kappa shape index (κ2) is 6.72. The average molecular weight is 339 g/mol. The first-order valence-electron chi connectivity index (χ1n) is 7.87. The maximum Gasteiger partial charge on any atom is 0.261 e. The van der Waals surface area contributed by atoms with Gasteiger partial charge in [-0.2, -0.15) is 0 Å². The summed E-state index contributed by atoms with van der Waals surface area (Å²) in [6, 6.07) is 9.93. The van der Waals surface area contributed by atoms with E-state index in [1.807, 2.05) is 0 Å². The SMILES string of the molecule is Cc1ccc(C(=O)Nc2ccc(CN3C(=O)CCC3=O)cc2)c(=O)[nH]1. The van der Waals surface area contributed by atoms with Crippen LogP contribution in [0, 0.1) is 6.92 Å². The van der Waals surface area contributed by atoms with E-state index in [1.54, 1.807) is 37.3 Å². The molecule has 3 amide bonds. The van der Waals surface area contributed by atoms with Crippen LogP contribution in [0.1, 0.15) is 34.5 Å². The molecule has 0 atom stereocenters. The first kappa shape index (κ1) is 16.6. The van der Waals surface area contributed by atoms with Gasteiger partial charge >= 0.3 is 0 Å². The van der Waals surface area contributed by atoms with Gasteiger partial charge in [0.15, 0.2) is 0 Å². The maximum absolute atomic E-state index is 12.2. The van der Waals surface area contributed by atoms with Crippen LogP contribution in [0.5, 0.6) is 0 Å². The van der Waals surface area contributed by atoms with Gasteiger partial charge in [0.1, 0.15) is 5.56 Å². The molecule has 3 rings (SSSR count). The molecule has 1 aromatic carbocycles.